The summed E-state index contributed by atoms with van der Waals surface area (Å²) in [6, 6.07) is 5.06. The van der Waals surface area contributed by atoms with Gasteiger partial charge in [-0.25, -0.2) is 4.79 Å². The van der Waals surface area contributed by atoms with Crippen LogP contribution in [0.2, 0.25) is 5.02 Å². The molecule has 0 unspecified atom stereocenters. The molecule has 0 bridgehead atoms. The van der Waals surface area contributed by atoms with Crippen LogP contribution < -0.4 is 10.1 Å². The number of methoxy groups -OCH3 is 1. The van der Waals surface area contributed by atoms with Gasteiger partial charge in [-0.1, -0.05) is 31.9 Å². The first-order chi connectivity index (χ1) is 9.62. The van der Waals surface area contributed by atoms with Crippen LogP contribution in [0.25, 0.3) is 0 Å². The summed E-state index contributed by atoms with van der Waals surface area (Å²) in [5.74, 6) is 0.606. The maximum absolute atomic E-state index is 12.3. The third-order valence-corrected chi connectivity index (χ3v) is 3.20. The average molecular weight is 299 g/mol. The van der Waals surface area contributed by atoms with Crippen LogP contribution in [-0.4, -0.2) is 31.1 Å². The van der Waals surface area contributed by atoms with E-state index in [0.717, 1.165) is 32.4 Å². The van der Waals surface area contributed by atoms with Gasteiger partial charge in [-0.2, -0.15) is 0 Å². The molecule has 112 valence electrons. The molecule has 0 aliphatic carbocycles. The number of ether oxygens (including phenoxy) is 1. The van der Waals surface area contributed by atoms with E-state index in [9.17, 15) is 4.79 Å². The fraction of sp³-hybridized carbons (Fsp3) is 0.533. The van der Waals surface area contributed by atoms with Gasteiger partial charge in [-0.3, -0.25) is 0 Å². The number of carbonyl (C=O) groups excluding carboxylic acids is 1. The second kappa shape index (κ2) is 8.69. The van der Waals surface area contributed by atoms with Crippen molar-refractivity contribution in [2.45, 2.75) is 33.1 Å². The summed E-state index contributed by atoms with van der Waals surface area (Å²) >= 11 is 5.96. The number of benzene rings is 1. The summed E-state index contributed by atoms with van der Waals surface area (Å²) < 4.78 is 5.23. The largest absolute Gasteiger partial charge is 0.495 e. The molecule has 0 aliphatic rings. The lowest BCUT2D eigenvalue weighted by Gasteiger charge is -2.23. The highest BCUT2D eigenvalue weighted by Crippen LogP contribution is 2.27. The highest BCUT2D eigenvalue weighted by Gasteiger charge is 2.14. The number of amides is 2. The van der Waals surface area contributed by atoms with Gasteiger partial charge in [0.05, 0.1) is 12.8 Å². The quantitative estimate of drug-likeness (QED) is 0.811. The molecule has 0 saturated heterocycles. The minimum Gasteiger partial charge on any atom is -0.495 e. The van der Waals surface area contributed by atoms with Crippen molar-refractivity contribution in [1.82, 2.24) is 4.90 Å². The normalized spacial score (nSPS) is 10.2. The predicted molar refractivity (Wildman–Crippen MR) is 83.8 cm³/mol. The zero-order chi connectivity index (χ0) is 15.0. The molecule has 1 N–H and O–H groups in total. The predicted octanol–water partition coefficient (Wildman–Crippen LogP) is 4.39. The van der Waals surface area contributed by atoms with Crippen LogP contribution in [0.5, 0.6) is 5.75 Å². The molecule has 0 spiro atoms. The van der Waals surface area contributed by atoms with Crippen molar-refractivity contribution < 1.29 is 9.53 Å². The molecule has 0 atom stereocenters. The molecule has 0 fully saturated rings. The molecule has 20 heavy (non-hydrogen) atoms. The van der Waals surface area contributed by atoms with Gasteiger partial charge < -0.3 is 15.0 Å². The summed E-state index contributed by atoms with van der Waals surface area (Å²) in [5, 5.41) is 3.44. The molecule has 4 nitrogen and oxygen atoms in total. The lowest BCUT2D eigenvalue weighted by molar-refractivity contribution is 0.210. The van der Waals surface area contributed by atoms with Gasteiger partial charge in [0.2, 0.25) is 0 Å². The van der Waals surface area contributed by atoms with Crippen LogP contribution in [0.3, 0.4) is 0 Å². The van der Waals surface area contributed by atoms with E-state index < -0.39 is 0 Å². The Balaban J connectivity index is 2.78. The Bertz CT molecular complexity index is 438. The summed E-state index contributed by atoms with van der Waals surface area (Å²) in [7, 11) is 1.57. The number of unbranched alkanes of at least 4 members (excludes halogenated alkanes) is 1. The van der Waals surface area contributed by atoms with Crippen LogP contribution in [-0.2, 0) is 0 Å². The van der Waals surface area contributed by atoms with Crippen molar-refractivity contribution in [3.8, 4) is 5.75 Å². The van der Waals surface area contributed by atoms with Crippen LogP contribution in [0.4, 0.5) is 10.5 Å². The molecular weight excluding hydrogens is 276 g/mol. The summed E-state index contributed by atoms with van der Waals surface area (Å²) in [6.45, 7) is 5.68. The zero-order valence-electron chi connectivity index (χ0n) is 12.4. The van der Waals surface area contributed by atoms with Crippen molar-refractivity contribution in [3.05, 3.63) is 23.2 Å². The van der Waals surface area contributed by atoms with E-state index in [4.69, 9.17) is 16.3 Å². The molecule has 2 amide bonds. The number of carbonyl (C=O) groups is 1. The third kappa shape index (κ3) is 4.93. The van der Waals surface area contributed by atoms with Crippen molar-refractivity contribution in [1.29, 1.82) is 0 Å². The van der Waals surface area contributed by atoms with Gasteiger partial charge in [-0.15, -0.1) is 0 Å². The molecule has 0 aromatic heterocycles. The maximum Gasteiger partial charge on any atom is 0.321 e. The number of hydrogen-bond donors (Lipinski definition) is 1. The van der Waals surface area contributed by atoms with Crippen LogP contribution in [0.15, 0.2) is 18.2 Å². The number of hydrogen-bond acceptors (Lipinski definition) is 2. The van der Waals surface area contributed by atoms with E-state index in [-0.39, 0.29) is 6.03 Å². The van der Waals surface area contributed by atoms with Gasteiger partial charge in [0.1, 0.15) is 5.75 Å². The number of halogens is 1. The Morgan fingerprint density at radius 3 is 2.65 bits per heavy atom. The third-order valence-electron chi connectivity index (χ3n) is 2.97. The van der Waals surface area contributed by atoms with E-state index in [1.54, 1.807) is 25.3 Å². The first-order valence-corrected chi connectivity index (χ1v) is 7.39. The Hall–Kier alpha value is -1.42. The van der Waals surface area contributed by atoms with Gasteiger partial charge in [0.25, 0.3) is 0 Å². The fourth-order valence-electron chi connectivity index (χ4n) is 1.91. The second-order valence-electron chi connectivity index (χ2n) is 4.62. The minimum atomic E-state index is -0.110. The van der Waals surface area contributed by atoms with E-state index in [0.29, 0.717) is 16.5 Å². The SMILES string of the molecule is CCCCN(CCC)C(=O)Nc1cc(Cl)ccc1OC. The smallest absolute Gasteiger partial charge is 0.321 e. The standard InChI is InChI=1S/C15H23ClN2O2/c1-4-6-10-18(9-5-2)15(19)17-13-11-12(16)7-8-14(13)20-3/h7-8,11H,4-6,9-10H2,1-3H3,(H,17,19). The molecule has 0 heterocycles. The lowest BCUT2D eigenvalue weighted by atomic mass is 10.3. The Morgan fingerprint density at radius 2 is 2.05 bits per heavy atom. The van der Waals surface area contributed by atoms with E-state index in [1.807, 2.05) is 4.90 Å². The molecule has 1 aromatic rings. The van der Waals surface area contributed by atoms with E-state index in [1.165, 1.54) is 0 Å². The van der Waals surface area contributed by atoms with Gasteiger partial charge >= 0.3 is 6.03 Å². The lowest BCUT2D eigenvalue weighted by Crippen LogP contribution is -2.36. The molecule has 1 aromatic carbocycles. The molecule has 0 aliphatic heterocycles. The van der Waals surface area contributed by atoms with Crippen molar-refractivity contribution in [2.75, 3.05) is 25.5 Å². The average Bonchev–Trinajstić information content (AvgIpc) is 2.43. The topological polar surface area (TPSA) is 41.6 Å². The van der Waals surface area contributed by atoms with Crippen LogP contribution >= 0.6 is 11.6 Å². The second-order valence-corrected chi connectivity index (χ2v) is 5.05. The summed E-state index contributed by atoms with van der Waals surface area (Å²) in [6.07, 6.45) is 3.00. The number of anilines is 1. The maximum atomic E-state index is 12.3. The van der Waals surface area contributed by atoms with E-state index in [2.05, 4.69) is 19.2 Å². The first kappa shape index (κ1) is 16.6. The number of nitrogens with one attached hydrogen (secondary N) is 1. The molecular formula is C15H23ClN2O2. The van der Waals surface area contributed by atoms with Crippen molar-refractivity contribution in [3.63, 3.8) is 0 Å². The summed E-state index contributed by atoms with van der Waals surface area (Å²) in [4.78, 5) is 14.1. The highest BCUT2D eigenvalue weighted by atomic mass is 35.5. The number of nitrogens with zero attached hydrogens (tertiary/aromatic N) is 1. The van der Waals surface area contributed by atoms with Crippen LogP contribution in [0.1, 0.15) is 33.1 Å². The molecule has 0 saturated carbocycles. The van der Waals surface area contributed by atoms with Crippen molar-refractivity contribution in [2.24, 2.45) is 0 Å². The molecule has 5 heteroatoms. The Labute approximate surface area is 126 Å². The van der Waals surface area contributed by atoms with Gasteiger partial charge in [0, 0.05) is 18.1 Å². The molecule has 1 rings (SSSR count). The zero-order valence-corrected chi connectivity index (χ0v) is 13.2. The Morgan fingerprint density at radius 1 is 1.30 bits per heavy atom. The van der Waals surface area contributed by atoms with Crippen LogP contribution in [0, 0.1) is 0 Å². The summed E-state index contributed by atoms with van der Waals surface area (Å²) in [5.41, 5.74) is 0.600. The van der Waals surface area contributed by atoms with Gasteiger partial charge in [-0.05, 0) is 31.0 Å². The highest BCUT2D eigenvalue weighted by molar-refractivity contribution is 6.31. The number of urea groups is 1. The fourth-order valence-corrected chi connectivity index (χ4v) is 2.08. The monoisotopic (exact) mass is 298 g/mol. The van der Waals surface area contributed by atoms with E-state index >= 15 is 0 Å². The Kier molecular flexibility index (Phi) is 7.23. The molecule has 0 radical (unpaired) electrons. The van der Waals surface area contributed by atoms with Crippen molar-refractivity contribution >= 4 is 23.3 Å². The minimum absolute atomic E-state index is 0.110. The van der Waals surface area contributed by atoms with Gasteiger partial charge in [0.15, 0.2) is 0 Å². The first-order valence-electron chi connectivity index (χ1n) is 7.01. The number of rotatable bonds is 7.